The van der Waals surface area contributed by atoms with Gasteiger partial charge in [0.25, 0.3) is 0 Å². The van der Waals surface area contributed by atoms with Gasteiger partial charge in [-0.15, -0.1) is 12.4 Å². The van der Waals surface area contributed by atoms with E-state index in [0.29, 0.717) is 16.5 Å². The first kappa shape index (κ1) is 18.5. The highest BCUT2D eigenvalue weighted by Gasteiger charge is 2.18. The molecule has 0 bridgehead atoms. The summed E-state index contributed by atoms with van der Waals surface area (Å²) in [5.74, 6) is -0.166. The molecule has 1 amide bonds. The summed E-state index contributed by atoms with van der Waals surface area (Å²) >= 11 is 12.0. The summed E-state index contributed by atoms with van der Waals surface area (Å²) in [4.78, 5) is 11.8. The Morgan fingerprint density at radius 1 is 1.42 bits per heavy atom. The number of benzene rings is 1. The topological polar surface area (TPSA) is 55.1 Å². The van der Waals surface area contributed by atoms with Crippen LogP contribution in [0.25, 0.3) is 0 Å². The first-order valence-corrected chi connectivity index (χ1v) is 6.72. The molecule has 1 rings (SSSR count). The van der Waals surface area contributed by atoms with Crippen molar-refractivity contribution in [3.63, 3.8) is 0 Å². The summed E-state index contributed by atoms with van der Waals surface area (Å²) < 4.78 is 0. The van der Waals surface area contributed by atoms with E-state index in [0.717, 1.165) is 12.0 Å². The van der Waals surface area contributed by atoms with E-state index in [1.165, 1.54) is 0 Å². The molecule has 3 N–H and O–H groups in total. The van der Waals surface area contributed by atoms with Gasteiger partial charge in [-0.05, 0) is 25.0 Å². The maximum atomic E-state index is 11.8. The summed E-state index contributed by atoms with van der Waals surface area (Å²) in [6, 6.07) is 4.66. The van der Waals surface area contributed by atoms with Gasteiger partial charge in [0.1, 0.15) is 0 Å². The molecule has 0 aliphatic carbocycles. The number of nitrogens with two attached hydrogens (primary N) is 1. The van der Waals surface area contributed by atoms with Crippen LogP contribution in [0.15, 0.2) is 18.2 Å². The van der Waals surface area contributed by atoms with E-state index in [1.807, 2.05) is 19.9 Å². The van der Waals surface area contributed by atoms with Crippen molar-refractivity contribution in [3.8, 4) is 0 Å². The zero-order valence-electron chi connectivity index (χ0n) is 11.0. The number of halogens is 3. The molecule has 108 valence electrons. The molecule has 0 aliphatic heterocycles. The van der Waals surface area contributed by atoms with E-state index >= 15 is 0 Å². The van der Waals surface area contributed by atoms with Crippen molar-refractivity contribution in [3.05, 3.63) is 33.8 Å². The van der Waals surface area contributed by atoms with E-state index < -0.39 is 6.04 Å². The fourth-order valence-corrected chi connectivity index (χ4v) is 2.17. The molecule has 3 nitrogen and oxygen atoms in total. The molecular formula is C13H19Cl3N2O. The first-order chi connectivity index (χ1) is 8.47. The molecule has 0 saturated carbocycles. The van der Waals surface area contributed by atoms with Crippen molar-refractivity contribution < 1.29 is 4.79 Å². The maximum absolute atomic E-state index is 11.8. The Morgan fingerprint density at radius 2 is 2.05 bits per heavy atom. The fourth-order valence-electron chi connectivity index (χ4n) is 1.70. The predicted octanol–water partition coefficient (Wildman–Crippen LogP) is 3.72. The van der Waals surface area contributed by atoms with Gasteiger partial charge in [-0.25, -0.2) is 0 Å². The molecule has 1 aromatic rings. The SMILES string of the molecule is CCCC(N)C(=O)NC(C)c1cccc(Cl)c1Cl.Cl. The van der Waals surface area contributed by atoms with Gasteiger partial charge in [0.15, 0.2) is 0 Å². The Morgan fingerprint density at radius 3 is 2.63 bits per heavy atom. The van der Waals surface area contributed by atoms with Gasteiger partial charge in [0, 0.05) is 0 Å². The second kappa shape index (κ2) is 8.64. The highest BCUT2D eigenvalue weighted by Crippen LogP contribution is 2.29. The van der Waals surface area contributed by atoms with Crippen LogP contribution in [0.4, 0.5) is 0 Å². The number of hydrogen-bond donors (Lipinski definition) is 2. The number of rotatable bonds is 5. The normalized spacial score (nSPS) is 13.3. The van der Waals surface area contributed by atoms with Crippen LogP contribution in [0.2, 0.25) is 10.0 Å². The Kier molecular flexibility index (Phi) is 8.42. The van der Waals surface area contributed by atoms with E-state index in [9.17, 15) is 4.79 Å². The molecule has 0 radical (unpaired) electrons. The highest BCUT2D eigenvalue weighted by molar-refractivity contribution is 6.42. The zero-order chi connectivity index (χ0) is 13.7. The second-order valence-corrected chi connectivity index (χ2v) is 5.05. The van der Waals surface area contributed by atoms with Crippen molar-refractivity contribution in [1.29, 1.82) is 0 Å². The molecule has 19 heavy (non-hydrogen) atoms. The van der Waals surface area contributed by atoms with Crippen molar-refractivity contribution in [2.45, 2.75) is 38.8 Å². The molecule has 6 heteroatoms. The second-order valence-electron chi connectivity index (χ2n) is 4.27. The van der Waals surface area contributed by atoms with Crippen LogP contribution in [0, 0.1) is 0 Å². The lowest BCUT2D eigenvalue weighted by molar-refractivity contribution is -0.123. The van der Waals surface area contributed by atoms with Gasteiger partial charge in [-0.3, -0.25) is 4.79 Å². The third-order valence-electron chi connectivity index (χ3n) is 2.74. The minimum atomic E-state index is -0.476. The molecule has 0 fully saturated rings. The quantitative estimate of drug-likeness (QED) is 0.867. The largest absolute Gasteiger partial charge is 0.348 e. The number of nitrogens with one attached hydrogen (secondary N) is 1. The minimum Gasteiger partial charge on any atom is -0.348 e. The number of carbonyl (C=O) groups excluding carboxylic acids is 1. The third kappa shape index (κ3) is 5.19. The lowest BCUT2D eigenvalue weighted by Gasteiger charge is -2.19. The van der Waals surface area contributed by atoms with Crippen molar-refractivity contribution in [2.75, 3.05) is 0 Å². The first-order valence-electron chi connectivity index (χ1n) is 5.97. The lowest BCUT2D eigenvalue weighted by Crippen LogP contribution is -2.41. The molecule has 0 spiro atoms. The van der Waals surface area contributed by atoms with Crippen LogP contribution in [-0.4, -0.2) is 11.9 Å². The molecule has 0 aliphatic rings. The smallest absolute Gasteiger partial charge is 0.237 e. The van der Waals surface area contributed by atoms with Crippen LogP contribution in [0.3, 0.4) is 0 Å². The van der Waals surface area contributed by atoms with Gasteiger partial charge in [-0.1, -0.05) is 48.7 Å². The molecule has 2 atom stereocenters. The summed E-state index contributed by atoms with van der Waals surface area (Å²) in [6.07, 6.45) is 1.54. The third-order valence-corrected chi connectivity index (χ3v) is 3.58. The molecule has 0 saturated heterocycles. The van der Waals surface area contributed by atoms with E-state index in [-0.39, 0.29) is 24.4 Å². The van der Waals surface area contributed by atoms with E-state index in [1.54, 1.807) is 12.1 Å². The van der Waals surface area contributed by atoms with Crippen LogP contribution >= 0.6 is 35.6 Å². The number of hydrogen-bond acceptors (Lipinski definition) is 2. The zero-order valence-corrected chi connectivity index (χ0v) is 13.3. The number of amides is 1. The average Bonchev–Trinajstić information content (AvgIpc) is 2.32. The minimum absolute atomic E-state index is 0. The van der Waals surface area contributed by atoms with Gasteiger partial charge in [-0.2, -0.15) is 0 Å². The molecular weight excluding hydrogens is 307 g/mol. The standard InChI is InChI=1S/C13H18Cl2N2O.ClH/c1-3-5-11(16)13(18)17-8(2)9-6-4-7-10(14)12(9)15;/h4,6-8,11H,3,5,16H2,1-2H3,(H,17,18);1H. The fraction of sp³-hybridized carbons (Fsp3) is 0.462. The van der Waals surface area contributed by atoms with Crippen LogP contribution < -0.4 is 11.1 Å². The Labute approximate surface area is 130 Å². The summed E-state index contributed by atoms with van der Waals surface area (Å²) in [6.45, 7) is 3.85. The highest BCUT2D eigenvalue weighted by atomic mass is 35.5. The average molecular weight is 326 g/mol. The molecule has 0 heterocycles. The summed E-state index contributed by atoms with van der Waals surface area (Å²) in [5, 5.41) is 3.79. The summed E-state index contributed by atoms with van der Waals surface area (Å²) in [7, 11) is 0. The lowest BCUT2D eigenvalue weighted by atomic mass is 10.1. The summed E-state index contributed by atoms with van der Waals surface area (Å²) in [5.41, 5.74) is 6.54. The maximum Gasteiger partial charge on any atom is 0.237 e. The van der Waals surface area contributed by atoms with Crippen molar-refractivity contribution >= 4 is 41.5 Å². The van der Waals surface area contributed by atoms with Gasteiger partial charge in [0.05, 0.1) is 22.1 Å². The van der Waals surface area contributed by atoms with Gasteiger partial charge in [0.2, 0.25) is 5.91 Å². The predicted molar refractivity (Wildman–Crippen MR) is 83.2 cm³/mol. The number of carbonyl (C=O) groups is 1. The van der Waals surface area contributed by atoms with E-state index in [2.05, 4.69) is 5.32 Å². The molecule has 2 unspecified atom stereocenters. The molecule has 1 aromatic carbocycles. The monoisotopic (exact) mass is 324 g/mol. The Hall–Kier alpha value is -0.480. The van der Waals surface area contributed by atoms with Gasteiger partial charge < -0.3 is 11.1 Å². The van der Waals surface area contributed by atoms with Crippen LogP contribution in [-0.2, 0) is 4.79 Å². The van der Waals surface area contributed by atoms with E-state index in [4.69, 9.17) is 28.9 Å². The van der Waals surface area contributed by atoms with Crippen LogP contribution in [0.1, 0.15) is 38.3 Å². The Balaban J connectivity index is 0.00000324. The van der Waals surface area contributed by atoms with Crippen molar-refractivity contribution in [2.24, 2.45) is 5.73 Å². The van der Waals surface area contributed by atoms with Crippen molar-refractivity contribution in [1.82, 2.24) is 5.32 Å². The van der Waals surface area contributed by atoms with Crippen LogP contribution in [0.5, 0.6) is 0 Å². The Bertz CT molecular complexity index is 426. The molecule has 0 aromatic heterocycles. The van der Waals surface area contributed by atoms with Gasteiger partial charge >= 0.3 is 0 Å².